The minimum atomic E-state index is -4.94. The van der Waals surface area contributed by atoms with Crippen LogP contribution in [0.15, 0.2) is 51.7 Å². The first-order chi connectivity index (χ1) is 15.7. The molecule has 0 amide bonds. The molecule has 0 saturated carbocycles. The van der Waals surface area contributed by atoms with E-state index in [-0.39, 0.29) is 28.4 Å². The van der Waals surface area contributed by atoms with Crippen LogP contribution in [0.1, 0.15) is 11.4 Å². The number of aromatic nitrogens is 4. The summed E-state index contributed by atoms with van der Waals surface area (Å²) < 4.78 is 67.4. The normalized spacial score (nSPS) is 12.1. The van der Waals surface area contributed by atoms with E-state index in [0.29, 0.717) is 21.4 Å². The smallest absolute Gasteiger partial charge is 0.435 e. The first-order valence-corrected chi connectivity index (χ1v) is 9.62. The second kappa shape index (κ2) is 7.19. The maximum atomic E-state index is 14.5. The number of H-pyrrole nitrogens is 1. The van der Waals surface area contributed by atoms with Gasteiger partial charge in [-0.05, 0) is 25.1 Å². The Hall–Kier alpha value is -4.15. The molecule has 168 valence electrons. The maximum Gasteiger partial charge on any atom is 0.435 e. The number of benzene rings is 2. The van der Waals surface area contributed by atoms with Crippen molar-refractivity contribution in [3.05, 3.63) is 70.0 Å². The van der Waals surface area contributed by atoms with Crippen molar-refractivity contribution in [1.82, 2.24) is 19.6 Å². The molecule has 0 spiro atoms. The topological polar surface area (TPSA) is 85.4 Å². The van der Waals surface area contributed by atoms with E-state index in [9.17, 15) is 22.4 Å². The van der Waals surface area contributed by atoms with Crippen LogP contribution in [0, 0.1) is 12.7 Å². The average Bonchev–Trinajstić information content (AvgIpc) is 3.35. The predicted molar refractivity (Wildman–Crippen MR) is 111 cm³/mol. The number of hydrogen-bond donors (Lipinski definition) is 1. The molecule has 0 aliphatic carbocycles. The summed E-state index contributed by atoms with van der Waals surface area (Å²) in [6, 6.07) is 9.90. The van der Waals surface area contributed by atoms with Crippen LogP contribution in [-0.4, -0.2) is 26.7 Å². The van der Waals surface area contributed by atoms with Gasteiger partial charge < -0.3 is 14.1 Å². The van der Waals surface area contributed by atoms with Crippen LogP contribution in [-0.2, 0) is 6.18 Å². The van der Waals surface area contributed by atoms with Crippen molar-refractivity contribution in [3.8, 4) is 28.3 Å². The number of ether oxygens (including phenoxy) is 1. The molecule has 5 aromatic rings. The zero-order valence-corrected chi connectivity index (χ0v) is 17.1. The van der Waals surface area contributed by atoms with Gasteiger partial charge in [-0.3, -0.25) is 4.79 Å². The Morgan fingerprint density at radius 3 is 2.55 bits per heavy atom. The zero-order valence-electron chi connectivity index (χ0n) is 17.1. The fraction of sp³-hybridized carbons (Fsp3) is 0.136. The number of para-hydroxylation sites is 1. The second-order valence-electron chi connectivity index (χ2n) is 7.22. The third kappa shape index (κ3) is 3.15. The van der Waals surface area contributed by atoms with E-state index in [4.69, 9.17) is 9.15 Å². The molecule has 0 unspecified atom stereocenters. The van der Waals surface area contributed by atoms with Crippen LogP contribution < -0.4 is 10.3 Å². The number of hydrogen-bond acceptors (Lipinski definition) is 5. The Balaban J connectivity index is 1.84. The Bertz CT molecular complexity index is 1600. The molecular formula is C22H14F4N4O3. The number of alkyl halides is 3. The maximum absolute atomic E-state index is 14.5. The minimum absolute atomic E-state index is 0.114. The molecule has 3 heterocycles. The molecule has 0 aliphatic heterocycles. The number of fused-ring (bicyclic) bond motifs is 2. The lowest BCUT2D eigenvalue weighted by atomic mass is 10.0. The van der Waals surface area contributed by atoms with E-state index in [1.54, 1.807) is 18.2 Å². The average molecular weight is 458 g/mol. The lowest BCUT2D eigenvalue weighted by Crippen LogP contribution is -2.20. The summed E-state index contributed by atoms with van der Waals surface area (Å²) in [7, 11) is 1.44. The number of aromatic amines is 1. The number of nitrogens with zero attached hydrogens (tertiary/aromatic N) is 3. The van der Waals surface area contributed by atoms with Crippen LogP contribution in [0.2, 0.25) is 0 Å². The summed E-state index contributed by atoms with van der Waals surface area (Å²) in [6.07, 6.45) is -4.94. The second-order valence-corrected chi connectivity index (χ2v) is 7.22. The Kier molecular flexibility index (Phi) is 4.52. The van der Waals surface area contributed by atoms with Gasteiger partial charge in [0.2, 0.25) is 5.89 Å². The van der Waals surface area contributed by atoms with Gasteiger partial charge in [0.25, 0.3) is 5.56 Å². The molecule has 0 fully saturated rings. The zero-order chi connectivity index (χ0) is 23.5. The highest BCUT2D eigenvalue weighted by atomic mass is 19.4. The molecule has 0 bridgehead atoms. The SMILES string of the molecule is COc1cccc2oc(-c3c(C)[nH]c4c(-c5ccccc5F)c(C(F)(F)F)nn4c3=O)nc12. The highest BCUT2D eigenvalue weighted by Gasteiger charge is 2.40. The molecule has 33 heavy (non-hydrogen) atoms. The number of rotatable bonds is 3. The fourth-order valence-corrected chi connectivity index (χ4v) is 3.75. The highest BCUT2D eigenvalue weighted by Crippen LogP contribution is 2.39. The van der Waals surface area contributed by atoms with Crippen LogP contribution in [0.25, 0.3) is 39.3 Å². The van der Waals surface area contributed by atoms with Gasteiger partial charge in [-0.15, -0.1) is 0 Å². The molecule has 2 aromatic carbocycles. The number of nitrogens with one attached hydrogen (secondary N) is 1. The highest BCUT2D eigenvalue weighted by molar-refractivity contribution is 5.84. The monoisotopic (exact) mass is 458 g/mol. The van der Waals surface area contributed by atoms with Crippen molar-refractivity contribution >= 4 is 16.7 Å². The van der Waals surface area contributed by atoms with Gasteiger partial charge >= 0.3 is 6.18 Å². The van der Waals surface area contributed by atoms with Crippen LogP contribution in [0.4, 0.5) is 17.6 Å². The van der Waals surface area contributed by atoms with E-state index in [0.717, 1.165) is 6.07 Å². The van der Waals surface area contributed by atoms with E-state index >= 15 is 0 Å². The Morgan fingerprint density at radius 2 is 1.85 bits per heavy atom. The summed E-state index contributed by atoms with van der Waals surface area (Å²) in [5.41, 5.74) is -2.77. The molecule has 1 N–H and O–H groups in total. The van der Waals surface area contributed by atoms with Gasteiger partial charge in [0.1, 0.15) is 22.8 Å². The largest absolute Gasteiger partial charge is 0.494 e. The summed E-state index contributed by atoms with van der Waals surface area (Å²) in [5.74, 6) is -0.601. The van der Waals surface area contributed by atoms with Crippen molar-refractivity contribution in [2.24, 2.45) is 0 Å². The van der Waals surface area contributed by atoms with Crippen molar-refractivity contribution < 1.29 is 26.7 Å². The molecule has 0 atom stereocenters. The minimum Gasteiger partial charge on any atom is -0.494 e. The Morgan fingerprint density at radius 1 is 1.09 bits per heavy atom. The third-order valence-electron chi connectivity index (χ3n) is 5.20. The molecule has 0 radical (unpaired) electrons. The van der Waals surface area contributed by atoms with E-state index < -0.39 is 28.8 Å². The van der Waals surface area contributed by atoms with E-state index in [1.807, 2.05) is 0 Å². The third-order valence-corrected chi connectivity index (χ3v) is 5.20. The number of oxazole rings is 1. The number of methoxy groups -OCH3 is 1. The first kappa shape index (κ1) is 20.7. The number of aryl methyl sites for hydroxylation is 1. The molecule has 11 heteroatoms. The number of halogens is 4. The first-order valence-electron chi connectivity index (χ1n) is 9.62. The van der Waals surface area contributed by atoms with Crippen molar-refractivity contribution in [2.75, 3.05) is 7.11 Å². The van der Waals surface area contributed by atoms with Gasteiger partial charge in [-0.2, -0.15) is 22.8 Å². The molecule has 0 aliphatic rings. The van der Waals surface area contributed by atoms with Gasteiger partial charge in [0.05, 0.1) is 12.7 Å². The van der Waals surface area contributed by atoms with Crippen LogP contribution in [0.5, 0.6) is 5.75 Å². The fourth-order valence-electron chi connectivity index (χ4n) is 3.75. The lowest BCUT2D eigenvalue weighted by Gasteiger charge is -2.08. The summed E-state index contributed by atoms with van der Waals surface area (Å²) in [5, 5.41) is 3.50. The van der Waals surface area contributed by atoms with E-state index in [1.165, 1.54) is 32.2 Å². The standard InChI is InChI=1S/C22H14F4N4O3/c1-10-15(20-28-17-13(32-2)8-5-9-14(17)33-20)21(31)30-19(27-10)16(18(29-30)22(24,25)26)11-6-3-4-7-12(11)23/h3-9,27H,1-2H3. The predicted octanol–water partition coefficient (Wildman–Crippen LogP) is 4.97. The molecule has 3 aromatic heterocycles. The van der Waals surface area contributed by atoms with Gasteiger partial charge in [0.15, 0.2) is 16.8 Å². The van der Waals surface area contributed by atoms with Crippen molar-refractivity contribution in [2.45, 2.75) is 13.1 Å². The summed E-state index contributed by atoms with van der Waals surface area (Å²) in [4.78, 5) is 20.3. The van der Waals surface area contributed by atoms with Crippen LogP contribution in [0.3, 0.4) is 0 Å². The molecule has 0 saturated heterocycles. The van der Waals surface area contributed by atoms with Crippen LogP contribution >= 0.6 is 0 Å². The van der Waals surface area contributed by atoms with Gasteiger partial charge in [0, 0.05) is 11.3 Å². The van der Waals surface area contributed by atoms with E-state index in [2.05, 4.69) is 15.1 Å². The van der Waals surface area contributed by atoms with Gasteiger partial charge in [-0.1, -0.05) is 24.3 Å². The molecular weight excluding hydrogens is 444 g/mol. The Labute approximate surface area is 182 Å². The lowest BCUT2D eigenvalue weighted by molar-refractivity contribution is -0.140. The molecule has 7 nitrogen and oxygen atoms in total. The van der Waals surface area contributed by atoms with Crippen molar-refractivity contribution in [3.63, 3.8) is 0 Å². The van der Waals surface area contributed by atoms with Crippen molar-refractivity contribution in [1.29, 1.82) is 0 Å². The molecule has 5 rings (SSSR count). The summed E-state index contributed by atoms with van der Waals surface area (Å²) in [6.45, 7) is 1.48. The quantitative estimate of drug-likeness (QED) is 0.386. The summed E-state index contributed by atoms with van der Waals surface area (Å²) >= 11 is 0. The van der Waals surface area contributed by atoms with Gasteiger partial charge in [-0.25, -0.2) is 9.37 Å².